The summed E-state index contributed by atoms with van der Waals surface area (Å²) in [7, 11) is 4.16. The number of rotatable bonds is 18. The third-order valence-electron chi connectivity index (χ3n) is 7.06. The van der Waals surface area contributed by atoms with Crippen molar-refractivity contribution in [3.8, 4) is 0 Å². The van der Waals surface area contributed by atoms with Crippen LogP contribution >= 0.6 is 0 Å². The molecule has 3 rings (SSSR count). The number of aliphatic carboxylic acids is 1. The molecule has 53 heavy (non-hydrogen) atoms. The summed E-state index contributed by atoms with van der Waals surface area (Å²) in [5.41, 5.74) is 2.23. The molecule has 0 radical (unpaired) electrons. The van der Waals surface area contributed by atoms with Gasteiger partial charge in [-0.25, -0.2) is 4.79 Å². The molecule has 1 aliphatic rings. The highest BCUT2D eigenvalue weighted by Crippen LogP contribution is 2.15. The van der Waals surface area contributed by atoms with Crippen molar-refractivity contribution in [2.75, 3.05) is 60.1 Å². The standard InChI is InChI=1S/C10H15NO.C10H21NO.C10H14O.C8H19NO.C5H10O3/c1-8(2)12-9(3)10-6-4-5-7-11-10;1-10(2)12-9-8-11-6-4-3-5-7-11;1-9(2)11-8-10-6-4-3-5-7-10;1-8(2)10-7-5-6-9(3)4;1-4(2)8-3-5(6)7/h4-9H,1-3H3;10H,3-9H2,1-2H3;3-7,9H,8H2,1-2H3;8H,5-7H2,1-4H3;4H,3H2,1-2H3,(H,6,7). The average molecular weight is 750 g/mol. The van der Waals surface area contributed by atoms with Crippen molar-refractivity contribution >= 4 is 5.97 Å². The smallest absolute Gasteiger partial charge is 0.329 e. The Morgan fingerprint density at radius 3 is 1.72 bits per heavy atom. The van der Waals surface area contributed by atoms with Crippen molar-refractivity contribution in [2.24, 2.45) is 0 Å². The van der Waals surface area contributed by atoms with Gasteiger partial charge in [-0.05, 0) is 147 Å². The fraction of sp³-hybridized carbons (Fsp3) is 0.721. The lowest BCUT2D eigenvalue weighted by atomic mass is 10.1. The number of carbonyl (C=O) groups is 1. The number of aromatic nitrogens is 1. The monoisotopic (exact) mass is 750 g/mol. The van der Waals surface area contributed by atoms with Crippen LogP contribution in [0.25, 0.3) is 0 Å². The molecule has 1 unspecified atom stereocenters. The summed E-state index contributed by atoms with van der Waals surface area (Å²) >= 11 is 0. The Balaban J connectivity index is 0. The van der Waals surface area contributed by atoms with Crippen molar-refractivity contribution in [2.45, 2.75) is 145 Å². The number of piperidine rings is 1. The topological polar surface area (TPSA) is 103 Å². The molecule has 1 atom stereocenters. The highest BCUT2D eigenvalue weighted by Gasteiger charge is 2.09. The number of ether oxygens (including phenoxy) is 5. The molecule has 1 fully saturated rings. The summed E-state index contributed by atoms with van der Waals surface area (Å²) in [6.07, 6.45) is 8.51. The Morgan fingerprint density at radius 2 is 1.26 bits per heavy atom. The average Bonchev–Trinajstić information content (AvgIpc) is 3.10. The van der Waals surface area contributed by atoms with E-state index in [1.54, 1.807) is 20.0 Å². The van der Waals surface area contributed by atoms with Gasteiger partial charge in [0.25, 0.3) is 0 Å². The predicted octanol–water partition coefficient (Wildman–Crippen LogP) is 8.94. The lowest BCUT2D eigenvalue weighted by Crippen LogP contribution is -2.33. The minimum atomic E-state index is -0.918. The number of carboxylic acid groups (broad SMARTS) is 1. The normalized spacial score (nSPS) is 13.4. The van der Waals surface area contributed by atoms with Gasteiger partial charge in [0, 0.05) is 19.3 Å². The third-order valence-corrected chi connectivity index (χ3v) is 7.06. The van der Waals surface area contributed by atoms with Crippen LogP contribution in [0.15, 0.2) is 54.7 Å². The quantitative estimate of drug-likeness (QED) is 0.149. The van der Waals surface area contributed by atoms with Gasteiger partial charge >= 0.3 is 5.97 Å². The van der Waals surface area contributed by atoms with E-state index in [0.717, 1.165) is 45.0 Å². The van der Waals surface area contributed by atoms with Crippen LogP contribution in [0.1, 0.15) is 119 Å². The second kappa shape index (κ2) is 35.3. The number of carboxylic acids is 1. The van der Waals surface area contributed by atoms with Crippen LogP contribution in [0.4, 0.5) is 0 Å². The molecule has 0 aliphatic carbocycles. The molecule has 308 valence electrons. The first-order valence-corrected chi connectivity index (χ1v) is 19.7. The van der Waals surface area contributed by atoms with Crippen molar-refractivity contribution in [1.82, 2.24) is 14.8 Å². The maximum absolute atomic E-state index is 9.78. The van der Waals surface area contributed by atoms with Gasteiger partial charge in [0.05, 0.1) is 55.5 Å². The number of benzene rings is 1. The summed E-state index contributed by atoms with van der Waals surface area (Å²) < 4.78 is 26.6. The summed E-state index contributed by atoms with van der Waals surface area (Å²) in [6, 6.07) is 16.1. The Hall–Kier alpha value is -2.44. The second-order valence-electron chi connectivity index (χ2n) is 14.6. The Kier molecular flexibility index (Phi) is 35.0. The SMILES string of the molecule is CC(C)OC(C)c1ccccn1.CC(C)OCC(=O)O.CC(C)OCCCN(C)C.CC(C)OCCN1CCCCC1.CC(C)OCc1ccccc1. The first-order valence-electron chi connectivity index (χ1n) is 19.7. The highest BCUT2D eigenvalue weighted by molar-refractivity contribution is 5.68. The van der Waals surface area contributed by atoms with Crippen molar-refractivity contribution in [3.05, 3.63) is 66.0 Å². The fourth-order valence-corrected chi connectivity index (χ4v) is 4.47. The summed E-state index contributed by atoms with van der Waals surface area (Å²) in [6.45, 7) is 29.2. The summed E-state index contributed by atoms with van der Waals surface area (Å²) in [5, 5.41) is 8.04. The van der Waals surface area contributed by atoms with E-state index in [4.69, 9.17) is 28.8 Å². The molecule has 0 amide bonds. The minimum Gasteiger partial charge on any atom is -0.480 e. The highest BCUT2D eigenvalue weighted by atomic mass is 16.5. The lowest BCUT2D eigenvalue weighted by Gasteiger charge is -2.26. The van der Waals surface area contributed by atoms with Gasteiger partial charge in [0.1, 0.15) is 6.61 Å². The van der Waals surface area contributed by atoms with Crippen LogP contribution in [-0.4, -0.2) is 116 Å². The number of pyridine rings is 1. The zero-order valence-electron chi connectivity index (χ0n) is 35.9. The molecule has 1 aromatic carbocycles. The van der Waals surface area contributed by atoms with Crippen molar-refractivity contribution in [3.63, 3.8) is 0 Å². The molecular weight excluding hydrogens is 670 g/mol. The van der Waals surface area contributed by atoms with E-state index in [2.05, 4.69) is 68.7 Å². The number of hydrogen-bond acceptors (Lipinski definition) is 9. The van der Waals surface area contributed by atoms with E-state index in [0.29, 0.717) is 18.3 Å². The van der Waals surface area contributed by atoms with Gasteiger partial charge in [-0.1, -0.05) is 42.8 Å². The van der Waals surface area contributed by atoms with E-state index in [9.17, 15) is 4.79 Å². The zero-order valence-corrected chi connectivity index (χ0v) is 35.9. The third kappa shape index (κ3) is 40.6. The molecule has 10 heteroatoms. The second-order valence-corrected chi connectivity index (χ2v) is 14.6. The van der Waals surface area contributed by atoms with E-state index in [1.807, 2.05) is 71.0 Å². The zero-order chi connectivity index (χ0) is 40.4. The van der Waals surface area contributed by atoms with Crippen LogP contribution in [0, 0.1) is 0 Å². The van der Waals surface area contributed by atoms with Gasteiger partial charge in [-0.3, -0.25) is 4.98 Å². The number of hydrogen-bond donors (Lipinski definition) is 1. The summed E-state index contributed by atoms with van der Waals surface area (Å²) in [4.78, 5) is 18.7. The molecule has 1 N–H and O–H groups in total. The van der Waals surface area contributed by atoms with Gasteiger partial charge in [-0.15, -0.1) is 0 Å². The molecule has 0 spiro atoms. The van der Waals surface area contributed by atoms with Crippen LogP contribution in [0.2, 0.25) is 0 Å². The maximum atomic E-state index is 9.78. The molecule has 2 heterocycles. The molecular formula is C43H79N3O7. The number of nitrogens with zero attached hydrogens (tertiary/aromatic N) is 3. The first-order chi connectivity index (χ1) is 25.0. The minimum absolute atomic E-state index is 0.00565. The Labute approximate surface area is 324 Å². The van der Waals surface area contributed by atoms with E-state index < -0.39 is 5.97 Å². The molecule has 1 aliphatic heterocycles. The Bertz CT molecular complexity index is 1040. The largest absolute Gasteiger partial charge is 0.480 e. The van der Waals surface area contributed by atoms with Gasteiger partial charge in [-0.2, -0.15) is 0 Å². The molecule has 0 saturated carbocycles. The van der Waals surface area contributed by atoms with E-state index in [-0.39, 0.29) is 24.9 Å². The van der Waals surface area contributed by atoms with Crippen molar-refractivity contribution in [1.29, 1.82) is 0 Å². The van der Waals surface area contributed by atoms with Crippen LogP contribution in [0.3, 0.4) is 0 Å². The molecule has 10 nitrogen and oxygen atoms in total. The summed E-state index contributed by atoms with van der Waals surface area (Å²) in [5.74, 6) is -0.918. The molecule has 0 bridgehead atoms. The van der Waals surface area contributed by atoms with E-state index in [1.165, 1.54) is 37.9 Å². The number of likely N-dealkylation sites (tertiary alicyclic amines) is 1. The van der Waals surface area contributed by atoms with Crippen LogP contribution < -0.4 is 0 Å². The van der Waals surface area contributed by atoms with Gasteiger partial charge in [0.2, 0.25) is 0 Å². The molecule has 2 aromatic rings. The van der Waals surface area contributed by atoms with Crippen LogP contribution in [0.5, 0.6) is 0 Å². The Morgan fingerprint density at radius 1 is 0.717 bits per heavy atom. The lowest BCUT2D eigenvalue weighted by molar-refractivity contribution is -0.143. The van der Waals surface area contributed by atoms with E-state index >= 15 is 0 Å². The molecule has 1 saturated heterocycles. The van der Waals surface area contributed by atoms with Crippen molar-refractivity contribution < 1.29 is 33.6 Å². The van der Waals surface area contributed by atoms with Gasteiger partial charge < -0.3 is 38.6 Å². The maximum Gasteiger partial charge on any atom is 0.329 e. The molecule has 1 aromatic heterocycles. The fourth-order valence-electron chi connectivity index (χ4n) is 4.47. The van der Waals surface area contributed by atoms with Gasteiger partial charge in [0.15, 0.2) is 0 Å². The van der Waals surface area contributed by atoms with Crippen LogP contribution in [-0.2, 0) is 35.1 Å². The first kappa shape index (κ1) is 52.7. The predicted molar refractivity (Wildman–Crippen MR) is 220 cm³/mol.